The van der Waals surface area contributed by atoms with Gasteiger partial charge in [-0.1, -0.05) is 13.8 Å². The Kier molecular flexibility index (Phi) is 3.68. The quantitative estimate of drug-likeness (QED) is 0.766. The van der Waals surface area contributed by atoms with Crippen molar-refractivity contribution in [2.75, 3.05) is 19.6 Å². The Balaban J connectivity index is 1.82. The highest BCUT2D eigenvalue weighted by atomic mass is 15.2. The van der Waals surface area contributed by atoms with Crippen LogP contribution in [0.1, 0.15) is 52.4 Å². The van der Waals surface area contributed by atoms with Gasteiger partial charge < -0.3 is 5.32 Å². The molecule has 0 aromatic carbocycles. The zero-order chi connectivity index (χ0) is 10.7. The zero-order valence-electron chi connectivity index (χ0n) is 10.4. The fourth-order valence-corrected chi connectivity index (χ4v) is 3.32. The first-order chi connectivity index (χ1) is 7.30. The lowest BCUT2D eigenvalue weighted by Crippen LogP contribution is -2.57. The first-order valence-electron chi connectivity index (χ1n) is 6.79. The van der Waals surface area contributed by atoms with E-state index in [-0.39, 0.29) is 0 Å². The first kappa shape index (κ1) is 11.4. The molecule has 2 aliphatic rings. The standard InChI is InChI=1S/C13H26N2/c1-3-13(8-5-9-13)15-10-6-12(7-11-15)14-4-2/h12,14H,3-11H2,1-2H3. The summed E-state index contributed by atoms with van der Waals surface area (Å²) in [5.74, 6) is 0. The molecule has 2 heteroatoms. The normalized spacial score (nSPS) is 27.6. The molecule has 0 spiro atoms. The number of rotatable bonds is 4. The van der Waals surface area contributed by atoms with Gasteiger partial charge >= 0.3 is 0 Å². The first-order valence-corrected chi connectivity index (χ1v) is 6.79. The molecule has 0 aromatic rings. The highest BCUT2D eigenvalue weighted by Crippen LogP contribution is 2.41. The number of hydrogen-bond acceptors (Lipinski definition) is 2. The second kappa shape index (κ2) is 4.84. The van der Waals surface area contributed by atoms with E-state index in [4.69, 9.17) is 0 Å². The van der Waals surface area contributed by atoms with Crippen molar-refractivity contribution >= 4 is 0 Å². The van der Waals surface area contributed by atoms with Crippen molar-refractivity contribution in [1.82, 2.24) is 10.2 Å². The average Bonchev–Trinajstić information content (AvgIpc) is 2.20. The summed E-state index contributed by atoms with van der Waals surface area (Å²) in [5.41, 5.74) is 0.622. The van der Waals surface area contributed by atoms with Crippen molar-refractivity contribution in [3.8, 4) is 0 Å². The van der Waals surface area contributed by atoms with Crippen LogP contribution in [0.3, 0.4) is 0 Å². The number of nitrogens with one attached hydrogen (secondary N) is 1. The molecule has 1 N–H and O–H groups in total. The van der Waals surface area contributed by atoms with Gasteiger partial charge in [0.05, 0.1) is 0 Å². The van der Waals surface area contributed by atoms with Gasteiger partial charge in [0.2, 0.25) is 0 Å². The van der Waals surface area contributed by atoms with Crippen LogP contribution in [0.5, 0.6) is 0 Å². The molecule has 88 valence electrons. The van der Waals surface area contributed by atoms with Crippen molar-refractivity contribution in [2.45, 2.75) is 64.0 Å². The number of hydrogen-bond donors (Lipinski definition) is 1. The lowest BCUT2D eigenvalue weighted by Gasteiger charge is -2.52. The van der Waals surface area contributed by atoms with Gasteiger partial charge in [-0.05, 0) is 45.1 Å². The maximum absolute atomic E-state index is 3.58. The van der Waals surface area contributed by atoms with Crippen LogP contribution in [-0.4, -0.2) is 36.1 Å². The Labute approximate surface area is 94.4 Å². The van der Waals surface area contributed by atoms with Crippen molar-refractivity contribution < 1.29 is 0 Å². The SMILES string of the molecule is CCNC1CCN(C2(CC)CCC2)CC1. The van der Waals surface area contributed by atoms with E-state index in [1.807, 2.05) is 0 Å². The monoisotopic (exact) mass is 210 g/mol. The second-order valence-corrected chi connectivity index (χ2v) is 5.25. The molecule has 0 unspecified atom stereocenters. The summed E-state index contributed by atoms with van der Waals surface area (Å²) in [4.78, 5) is 2.78. The van der Waals surface area contributed by atoms with Crippen LogP contribution in [0.2, 0.25) is 0 Å². The van der Waals surface area contributed by atoms with Gasteiger partial charge in [-0.3, -0.25) is 4.90 Å². The third-order valence-corrected chi connectivity index (χ3v) is 4.60. The molecule has 1 heterocycles. The third-order valence-electron chi connectivity index (χ3n) is 4.60. The smallest absolute Gasteiger partial charge is 0.0207 e. The predicted molar refractivity (Wildman–Crippen MR) is 65.1 cm³/mol. The molecule has 1 aliphatic carbocycles. The van der Waals surface area contributed by atoms with E-state index in [9.17, 15) is 0 Å². The topological polar surface area (TPSA) is 15.3 Å². The van der Waals surface area contributed by atoms with Gasteiger partial charge in [0.1, 0.15) is 0 Å². The summed E-state index contributed by atoms with van der Waals surface area (Å²) >= 11 is 0. The molecule has 0 atom stereocenters. The molecule has 0 aromatic heterocycles. The van der Waals surface area contributed by atoms with E-state index in [1.165, 1.54) is 51.6 Å². The fourth-order valence-electron chi connectivity index (χ4n) is 3.32. The van der Waals surface area contributed by atoms with Gasteiger partial charge in [-0.25, -0.2) is 0 Å². The van der Waals surface area contributed by atoms with Crippen LogP contribution in [0.15, 0.2) is 0 Å². The molecule has 1 saturated carbocycles. The molecule has 2 fully saturated rings. The highest BCUT2D eigenvalue weighted by molar-refractivity contribution is 4.98. The van der Waals surface area contributed by atoms with Gasteiger partial charge in [0.25, 0.3) is 0 Å². The van der Waals surface area contributed by atoms with Crippen LogP contribution in [0.4, 0.5) is 0 Å². The zero-order valence-corrected chi connectivity index (χ0v) is 10.4. The van der Waals surface area contributed by atoms with Crippen molar-refractivity contribution in [3.05, 3.63) is 0 Å². The third kappa shape index (κ3) is 2.21. The van der Waals surface area contributed by atoms with Crippen LogP contribution >= 0.6 is 0 Å². The van der Waals surface area contributed by atoms with E-state index in [0.29, 0.717) is 5.54 Å². The lowest BCUT2D eigenvalue weighted by molar-refractivity contribution is -0.00679. The van der Waals surface area contributed by atoms with Crippen LogP contribution < -0.4 is 5.32 Å². The fraction of sp³-hybridized carbons (Fsp3) is 1.00. The average molecular weight is 210 g/mol. The van der Waals surface area contributed by atoms with E-state index in [1.54, 1.807) is 0 Å². The summed E-state index contributed by atoms with van der Waals surface area (Å²) in [5, 5.41) is 3.58. The van der Waals surface area contributed by atoms with E-state index >= 15 is 0 Å². The van der Waals surface area contributed by atoms with Gasteiger partial charge in [0, 0.05) is 24.7 Å². The maximum Gasteiger partial charge on any atom is 0.0207 e. The van der Waals surface area contributed by atoms with Crippen LogP contribution in [0.25, 0.3) is 0 Å². The number of likely N-dealkylation sites (tertiary alicyclic amines) is 1. The molecule has 2 rings (SSSR count). The summed E-state index contributed by atoms with van der Waals surface area (Å²) in [7, 11) is 0. The minimum absolute atomic E-state index is 0.622. The Morgan fingerprint density at radius 1 is 1.20 bits per heavy atom. The summed E-state index contributed by atoms with van der Waals surface area (Å²) in [6.07, 6.45) is 8.44. The summed E-state index contributed by atoms with van der Waals surface area (Å²) in [6, 6.07) is 0.792. The molecule has 0 radical (unpaired) electrons. The number of piperidine rings is 1. The van der Waals surface area contributed by atoms with Gasteiger partial charge in [-0.15, -0.1) is 0 Å². The molecule has 0 bridgehead atoms. The minimum Gasteiger partial charge on any atom is -0.314 e. The maximum atomic E-state index is 3.58. The van der Waals surface area contributed by atoms with Crippen molar-refractivity contribution in [2.24, 2.45) is 0 Å². The van der Waals surface area contributed by atoms with Crippen molar-refractivity contribution in [3.63, 3.8) is 0 Å². The predicted octanol–water partition coefficient (Wildman–Crippen LogP) is 2.39. The summed E-state index contributed by atoms with van der Waals surface area (Å²) in [6.45, 7) is 8.36. The molecule has 15 heavy (non-hydrogen) atoms. The Morgan fingerprint density at radius 3 is 2.27 bits per heavy atom. The molecule has 0 amide bonds. The molecule has 1 saturated heterocycles. The highest BCUT2D eigenvalue weighted by Gasteiger charge is 2.41. The van der Waals surface area contributed by atoms with Crippen LogP contribution in [0, 0.1) is 0 Å². The van der Waals surface area contributed by atoms with Gasteiger partial charge in [-0.2, -0.15) is 0 Å². The molecular weight excluding hydrogens is 184 g/mol. The number of nitrogens with zero attached hydrogens (tertiary/aromatic N) is 1. The lowest BCUT2D eigenvalue weighted by atomic mass is 9.72. The molecule has 1 aliphatic heterocycles. The molecule has 2 nitrogen and oxygen atoms in total. The van der Waals surface area contributed by atoms with E-state index in [2.05, 4.69) is 24.1 Å². The minimum atomic E-state index is 0.622. The largest absolute Gasteiger partial charge is 0.314 e. The Morgan fingerprint density at radius 2 is 1.87 bits per heavy atom. The second-order valence-electron chi connectivity index (χ2n) is 5.25. The van der Waals surface area contributed by atoms with E-state index in [0.717, 1.165) is 12.6 Å². The molecular formula is C13H26N2. The van der Waals surface area contributed by atoms with E-state index < -0.39 is 0 Å². The van der Waals surface area contributed by atoms with Crippen molar-refractivity contribution in [1.29, 1.82) is 0 Å². The van der Waals surface area contributed by atoms with Crippen LogP contribution in [-0.2, 0) is 0 Å². The van der Waals surface area contributed by atoms with Gasteiger partial charge in [0.15, 0.2) is 0 Å². The Bertz CT molecular complexity index is 185. The Hall–Kier alpha value is -0.0800. The summed E-state index contributed by atoms with van der Waals surface area (Å²) < 4.78 is 0.